The molecule has 156 valence electrons. The van der Waals surface area contributed by atoms with Crippen LogP contribution in [-0.2, 0) is 9.63 Å². The molecule has 0 spiro atoms. The number of carbonyl (C=O) groups excluding carboxylic acids is 1. The van der Waals surface area contributed by atoms with Gasteiger partial charge in [0.2, 0.25) is 0 Å². The predicted molar refractivity (Wildman–Crippen MR) is 107 cm³/mol. The first-order chi connectivity index (χ1) is 13.5. The van der Waals surface area contributed by atoms with Gasteiger partial charge in [-0.3, -0.25) is 15.1 Å². The first kappa shape index (κ1) is 19.1. The summed E-state index contributed by atoms with van der Waals surface area (Å²) in [5.74, 6) is 3.01. The highest BCUT2D eigenvalue weighted by Gasteiger charge is 2.61. The minimum atomic E-state index is -0.0910. The van der Waals surface area contributed by atoms with Crippen LogP contribution in [0.2, 0.25) is 0 Å². The summed E-state index contributed by atoms with van der Waals surface area (Å²) in [7, 11) is 0. The van der Waals surface area contributed by atoms with Crippen LogP contribution in [0, 0.1) is 40.4 Å². The van der Waals surface area contributed by atoms with E-state index >= 15 is 0 Å². The van der Waals surface area contributed by atoms with Gasteiger partial charge in [0.15, 0.2) is 0 Å². The summed E-state index contributed by atoms with van der Waals surface area (Å²) < 4.78 is 0. The van der Waals surface area contributed by atoms with Crippen LogP contribution in [0.4, 0.5) is 0 Å². The third-order valence-electron chi connectivity index (χ3n) is 9.49. The fourth-order valence-electron chi connectivity index (χ4n) is 7.65. The molecule has 5 heteroatoms. The van der Waals surface area contributed by atoms with Crippen LogP contribution in [0.3, 0.4) is 0 Å². The van der Waals surface area contributed by atoms with Gasteiger partial charge in [-0.1, -0.05) is 19.9 Å². The number of aliphatic hydroxyl groups excluding tert-OH is 1. The van der Waals surface area contributed by atoms with Crippen molar-refractivity contribution in [2.45, 2.75) is 64.9 Å². The van der Waals surface area contributed by atoms with E-state index in [0.29, 0.717) is 35.4 Å². The molecule has 5 nitrogen and oxygen atoms in total. The first-order valence-corrected chi connectivity index (χ1v) is 11.4. The molecule has 5 aliphatic rings. The number of carbonyl (C=O) groups is 1. The molecule has 5 rings (SSSR count). The Bertz CT molecular complexity index is 675. The van der Waals surface area contributed by atoms with E-state index in [4.69, 9.17) is 4.84 Å². The Hall–Kier alpha value is -0.910. The molecule has 0 bridgehead atoms. The van der Waals surface area contributed by atoms with Gasteiger partial charge in [-0.25, -0.2) is 0 Å². The number of aliphatic hydroxyl groups is 1. The lowest BCUT2D eigenvalue weighted by molar-refractivity contribution is -0.141. The van der Waals surface area contributed by atoms with Crippen molar-refractivity contribution in [2.24, 2.45) is 40.4 Å². The summed E-state index contributed by atoms with van der Waals surface area (Å²) in [6, 6.07) is 0. The summed E-state index contributed by atoms with van der Waals surface area (Å²) in [4.78, 5) is 18.4. The van der Waals surface area contributed by atoms with E-state index < -0.39 is 0 Å². The fourth-order valence-corrected chi connectivity index (χ4v) is 7.65. The zero-order chi connectivity index (χ0) is 19.5. The van der Waals surface area contributed by atoms with E-state index in [-0.39, 0.29) is 23.5 Å². The molecule has 1 heterocycles. The highest BCUT2D eigenvalue weighted by molar-refractivity contribution is 5.87. The smallest absolute Gasteiger partial charge is 0.139 e. The molecule has 4 aliphatic carbocycles. The van der Waals surface area contributed by atoms with Gasteiger partial charge in [0.1, 0.15) is 11.9 Å². The number of hydrogen-bond donors (Lipinski definition) is 3. The molecule has 0 aromatic rings. The molecule has 0 aromatic heterocycles. The highest BCUT2D eigenvalue weighted by atomic mass is 16.7. The van der Waals surface area contributed by atoms with Crippen LogP contribution in [0.25, 0.3) is 0 Å². The third kappa shape index (κ3) is 2.73. The quantitative estimate of drug-likeness (QED) is 0.646. The largest absolute Gasteiger partial charge is 0.396 e. The number of Topliss-reactive ketones (excluding diaryl/α,β-unsaturated/α-hetero) is 1. The Morgan fingerprint density at radius 3 is 2.75 bits per heavy atom. The molecule has 7 atom stereocenters. The van der Waals surface area contributed by atoms with Crippen LogP contribution in [0.1, 0.15) is 58.8 Å². The first-order valence-electron chi connectivity index (χ1n) is 11.4. The molecule has 1 saturated heterocycles. The lowest BCUT2D eigenvalue weighted by Gasteiger charge is -2.60. The Kier molecular flexibility index (Phi) is 4.64. The molecule has 1 unspecified atom stereocenters. The molecular formula is C23H36N2O3. The van der Waals surface area contributed by atoms with Crippen molar-refractivity contribution >= 4 is 5.78 Å². The molecule has 1 aliphatic heterocycles. The Labute approximate surface area is 168 Å². The second-order valence-electron chi connectivity index (χ2n) is 10.7. The summed E-state index contributed by atoms with van der Waals surface area (Å²) >= 11 is 0. The highest BCUT2D eigenvalue weighted by Crippen LogP contribution is 2.66. The van der Waals surface area contributed by atoms with Crippen molar-refractivity contribution in [3.63, 3.8) is 0 Å². The van der Waals surface area contributed by atoms with Gasteiger partial charge in [-0.05, 0) is 73.5 Å². The van der Waals surface area contributed by atoms with Gasteiger partial charge < -0.3 is 10.4 Å². The lowest BCUT2D eigenvalue weighted by Crippen LogP contribution is -2.56. The predicted octanol–water partition coefficient (Wildman–Crippen LogP) is 2.80. The van der Waals surface area contributed by atoms with Gasteiger partial charge >= 0.3 is 0 Å². The van der Waals surface area contributed by atoms with Crippen molar-refractivity contribution in [2.75, 3.05) is 19.7 Å². The molecule has 0 amide bonds. The van der Waals surface area contributed by atoms with Gasteiger partial charge in [0.05, 0.1) is 0 Å². The normalized spacial score (nSPS) is 48.2. The molecule has 3 saturated carbocycles. The standard InChI is InChI=1S/C23H36N2O3/c1-22-7-5-15(25-28-16-11-24-12-16)10-20(22)14(13-26)9-17-18-3-4-21(27)23(18,2)8-6-19(17)22/h10,14,16-20,24-26H,3-9,11-13H2,1-2H3/t14-,17+,18+,19+,20?,22-,23+/m1/s1. The maximum atomic E-state index is 12.6. The SMILES string of the molecule is C[C@]12CCC(NOC3CNC3)=CC1[C@@H](CO)C[C@@H]1[C@@H]2CC[C@]2(C)C(=O)CC[C@@H]12. The maximum absolute atomic E-state index is 12.6. The van der Waals surface area contributed by atoms with Gasteiger partial charge in [0, 0.05) is 37.2 Å². The van der Waals surface area contributed by atoms with Crippen LogP contribution in [-0.4, -0.2) is 36.7 Å². The maximum Gasteiger partial charge on any atom is 0.139 e. The minimum Gasteiger partial charge on any atom is -0.396 e. The molecule has 0 aromatic carbocycles. The second-order valence-corrected chi connectivity index (χ2v) is 10.7. The van der Waals surface area contributed by atoms with Gasteiger partial charge in [-0.2, -0.15) is 0 Å². The van der Waals surface area contributed by atoms with E-state index in [0.717, 1.165) is 51.6 Å². The summed E-state index contributed by atoms with van der Waals surface area (Å²) in [5.41, 5.74) is 4.57. The summed E-state index contributed by atoms with van der Waals surface area (Å²) in [6.07, 6.45) is 10.00. The average Bonchev–Trinajstić information content (AvgIpc) is 2.95. The topological polar surface area (TPSA) is 70.6 Å². The number of rotatable bonds is 4. The van der Waals surface area contributed by atoms with Crippen LogP contribution in [0.15, 0.2) is 11.8 Å². The number of allylic oxidation sites excluding steroid dienone is 2. The zero-order valence-corrected chi connectivity index (χ0v) is 17.4. The van der Waals surface area contributed by atoms with Crippen molar-refractivity contribution in [3.8, 4) is 0 Å². The van der Waals surface area contributed by atoms with Crippen LogP contribution >= 0.6 is 0 Å². The van der Waals surface area contributed by atoms with Gasteiger partial charge in [0.25, 0.3) is 0 Å². The summed E-state index contributed by atoms with van der Waals surface area (Å²) in [5, 5.41) is 13.5. The van der Waals surface area contributed by atoms with Crippen molar-refractivity contribution < 1.29 is 14.7 Å². The molecule has 3 N–H and O–H groups in total. The fraction of sp³-hybridized carbons (Fsp3) is 0.870. The molecular weight excluding hydrogens is 352 g/mol. The number of nitrogens with one attached hydrogen (secondary N) is 2. The number of hydrogen-bond acceptors (Lipinski definition) is 5. The van der Waals surface area contributed by atoms with Gasteiger partial charge in [-0.15, -0.1) is 0 Å². The van der Waals surface area contributed by atoms with Crippen LogP contribution in [0.5, 0.6) is 0 Å². The lowest BCUT2D eigenvalue weighted by atomic mass is 9.44. The molecule has 28 heavy (non-hydrogen) atoms. The monoisotopic (exact) mass is 388 g/mol. The zero-order valence-electron chi connectivity index (χ0n) is 17.4. The number of ketones is 1. The van der Waals surface area contributed by atoms with Crippen molar-refractivity contribution in [3.05, 3.63) is 11.8 Å². The van der Waals surface area contributed by atoms with Crippen LogP contribution < -0.4 is 10.8 Å². The Morgan fingerprint density at radius 2 is 2.04 bits per heavy atom. The van der Waals surface area contributed by atoms with E-state index in [1.807, 2.05) is 0 Å². The minimum absolute atomic E-state index is 0.0910. The van der Waals surface area contributed by atoms with Crippen molar-refractivity contribution in [1.82, 2.24) is 10.8 Å². The molecule has 0 radical (unpaired) electrons. The Balaban J connectivity index is 1.39. The average molecular weight is 389 g/mol. The number of hydroxylamine groups is 1. The third-order valence-corrected chi connectivity index (χ3v) is 9.49. The van der Waals surface area contributed by atoms with E-state index in [9.17, 15) is 9.90 Å². The molecule has 4 fully saturated rings. The van der Waals surface area contributed by atoms with Crippen molar-refractivity contribution in [1.29, 1.82) is 0 Å². The summed E-state index contributed by atoms with van der Waals surface area (Å²) in [6.45, 7) is 6.80. The number of fused-ring (bicyclic) bond motifs is 5. The van der Waals surface area contributed by atoms with E-state index in [1.165, 1.54) is 12.1 Å². The van der Waals surface area contributed by atoms with E-state index in [1.54, 1.807) is 0 Å². The Morgan fingerprint density at radius 1 is 1.21 bits per heavy atom. The second kappa shape index (κ2) is 6.82. The van der Waals surface area contributed by atoms with E-state index in [2.05, 4.69) is 30.7 Å².